The van der Waals surface area contributed by atoms with Crippen LogP contribution in [0.5, 0.6) is 0 Å². The van der Waals surface area contributed by atoms with Crippen LogP contribution in [-0.2, 0) is 0 Å². The molecular formula is C10H11ClN2O3. The van der Waals surface area contributed by atoms with Crippen molar-refractivity contribution in [1.29, 1.82) is 0 Å². The summed E-state index contributed by atoms with van der Waals surface area (Å²) in [6, 6.07) is 1.37. The molecule has 0 aliphatic rings. The van der Waals surface area contributed by atoms with Crippen molar-refractivity contribution in [3.8, 4) is 0 Å². The number of aryl methyl sites for hydroxylation is 1. The molecule has 0 radical (unpaired) electrons. The monoisotopic (exact) mass is 242 g/mol. The maximum Gasteiger partial charge on any atom is 0.291 e. The normalized spacial score (nSPS) is 10.9. The van der Waals surface area contributed by atoms with Gasteiger partial charge in [0.1, 0.15) is 10.8 Å². The molecule has 0 fully saturated rings. The van der Waals surface area contributed by atoms with Gasteiger partial charge in [0.2, 0.25) is 0 Å². The van der Waals surface area contributed by atoms with Gasteiger partial charge in [-0.05, 0) is 13.3 Å². The van der Waals surface area contributed by atoms with Crippen LogP contribution < -0.4 is 0 Å². The highest BCUT2D eigenvalue weighted by molar-refractivity contribution is 6.30. The Morgan fingerprint density at radius 1 is 1.69 bits per heavy atom. The van der Waals surface area contributed by atoms with Crippen LogP contribution in [0.15, 0.2) is 12.1 Å². The number of aliphatic hydroxyl groups excluding tert-OH is 1. The third kappa shape index (κ3) is 3.01. The van der Waals surface area contributed by atoms with Crippen LogP contribution >= 0.6 is 11.6 Å². The van der Waals surface area contributed by atoms with E-state index >= 15 is 0 Å². The smallest absolute Gasteiger partial charge is 0.291 e. The van der Waals surface area contributed by atoms with Gasteiger partial charge < -0.3 is 5.11 Å². The summed E-state index contributed by atoms with van der Waals surface area (Å²) in [6.07, 6.45) is 3.76. The zero-order valence-electron chi connectivity index (χ0n) is 8.68. The summed E-state index contributed by atoms with van der Waals surface area (Å²) in [6.45, 7) is 1.56. The maximum atomic E-state index is 10.7. The molecule has 0 amide bonds. The van der Waals surface area contributed by atoms with Crippen molar-refractivity contribution < 1.29 is 10.0 Å². The molecule has 1 aromatic rings. The van der Waals surface area contributed by atoms with Crippen LogP contribution in [0.1, 0.15) is 17.7 Å². The third-order valence-corrected chi connectivity index (χ3v) is 2.26. The minimum absolute atomic E-state index is 0.0233. The number of pyridine rings is 1. The van der Waals surface area contributed by atoms with Crippen LogP contribution in [0.2, 0.25) is 5.15 Å². The quantitative estimate of drug-likeness (QED) is 0.500. The number of halogens is 1. The van der Waals surface area contributed by atoms with E-state index in [0.29, 0.717) is 12.0 Å². The van der Waals surface area contributed by atoms with E-state index in [1.165, 1.54) is 13.0 Å². The highest BCUT2D eigenvalue weighted by Gasteiger charge is 2.14. The van der Waals surface area contributed by atoms with E-state index < -0.39 is 4.92 Å². The first-order valence-corrected chi connectivity index (χ1v) is 5.03. The molecule has 16 heavy (non-hydrogen) atoms. The lowest BCUT2D eigenvalue weighted by Crippen LogP contribution is -1.96. The second-order valence-electron chi connectivity index (χ2n) is 3.14. The first-order valence-electron chi connectivity index (χ1n) is 4.65. The number of hydrogen-bond acceptors (Lipinski definition) is 4. The number of rotatable bonds is 4. The van der Waals surface area contributed by atoms with Gasteiger partial charge in [-0.25, -0.2) is 4.98 Å². The molecule has 5 nitrogen and oxygen atoms in total. The Balaban J connectivity index is 3.09. The van der Waals surface area contributed by atoms with Gasteiger partial charge in [-0.15, -0.1) is 0 Å². The van der Waals surface area contributed by atoms with E-state index in [1.807, 2.05) is 0 Å². The zero-order chi connectivity index (χ0) is 12.1. The second kappa shape index (κ2) is 5.58. The van der Waals surface area contributed by atoms with Gasteiger partial charge in [-0.3, -0.25) is 10.1 Å². The minimum Gasteiger partial charge on any atom is -0.396 e. The molecule has 0 saturated carbocycles. The van der Waals surface area contributed by atoms with Gasteiger partial charge in [0.25, 0.3) is 5.69 Å². The van der Waals surface area contributed by atoms with Crippen molar-refractivity contribution in [2.45, 2.75) is 13.3 Å². The molecule has 0 spiro atoms. The molecule has 86 valence electrons. The molecular weight excluding hydrogens is 232 g/mol. The molecule has 1 N–H and O–H groups in total. The number of aromatic nitrogens is 1. The highest BCUT2D eigenvalue weighted by atomic mass is 35.5. The van der Waals surface area contributed by atoms with Gasteiger partial charge in [0.15, 0.2) is 0 Å². The predicted octanol–water partition coefficient (Wildman–Crippen LogP) is 2.35. The molecule has 0 saturated heterocycles. The van der Waals surface area contributed by atoms with Crippen molar-refractivity contribution in [2.75, 3.05) is 6.61 Å². The van der Waals surface area contributed by atoms with Crippen molar-refractivity contribution in [1.82, 2.24) is 4.98 Å². The summed E-state index contributed by atoms with van der Waals surface area (Å²) in [5.74, 6) is 0. The van der Waals surface area contributed by atoms with Crippen LogP contribution in [0, 0.1) is 17.0 Å². The number of nitro groups is 1. The van der Waals surface area contributed by atoms with E-state index in [1.54, 1.807) is 12.2 Å². The van der Waals surface area contributed by atoms with E-state index in [2.05, 4.69) is 4.98 Å². The molecule has 1 rings (SSSR count). The Labute approximate surface area is 97.5 Å². The molecule has 0 aromatic carbocycles. The van der Waals surface area contributed by atoms with Crippen molar-refractivity contribution >= 4 is 23.4 Å². The largest absolute Gasteiger partial charge is 0.396 e. The van der Waals surface area contributed by atoms with Gasteiger partial charge in [-0.2, -0.15) is 0 Å². The summed E-state index contributed by atoms with van der Waals surface area (Å²) < 4.78 is 0. The maximum absolute atomic E-state index is 10.7. The van der Waals surface area contributed by atoms with Gasteiger partial charge in [0, 0.05) is 18.2 Å². The predicted molar refractivity (Wildman–Crippen MR) is 61.4 cm³/mol. The fraction of sp³-hybridized carbons (Fsp3) is 0.300. The summed E-state index contributed by atoms with van der Waals surface area (Å²) in [5, 5.41) is 19.5. The molecule has 0 bridgehead atoms. The Kier molecular flexibility index (Phi) is 4.39. The van der Waals surface area contributed by atoms with E-state index in [9.17, 15) is 10.1 Å². The topological polar surface area (TPSA) is 76.3 Å². The van der Waals surface area contributed by atoms with E-state index in [-0.39, 0.29) is 23.1 Å². The van der Waals surface area contributed by atoms with Gasteiger partial charge in [-0.1, -0.05) is 23.8 Å². The molecule has 1 heterocycles. The molecule has 0 unspecified atom stereocenters. The number of nitrogens with zero attached hydrogens (tertiary/aromatic N) is 2. The lowest BCUT2D eigenvalue weighted by atomic mass is 10.2. The van der Waals surface area contributed by atoms with Crippen LogP contribution in [0.25, 0.3) is 6.08 Å². The molecule has 6 heteroatoms. The van der Waals surface area contributed by atoms with Crippen molar-refractivity contribution in [3.63, 3.8) is 0 Å². The van der Waals surface area contributed by atoms with Crippen LogP contribution in [-0.4, -0.2) is 21.6 Å². The van der Waals surface area contributed by atoms with Crippen LogP contribution in [0.4, 0.5) is 5.69 Å². The van der Waals surface area contributed by atoms with E-state index in [4.69, 9.17) is 16.7 Å². The average molecular weight is 243 g/mol. The lowest BCUT2D eigenvalue weighted by molar-refractivity contribution is -0.385. The standard InChI is InChI=1S/C10H11ClN2O3/c1-7-9(13(15)16)6-8(10(11)12-7)4-2-3-5-14/h2,4,6,14H,3,5H2,1H3. The second-order valence-corrected chi connectivity index (χ2v) is 3.50. The third-order valence-electron chi connectivity index (χ3n) is 1.96. The fourth-order valence-corrected chi connectivity index (χ4v) is 1.41. The summed E-state index contributed by atoms with van der Waals surface area (Å²) >= 11 is 5.84. The highest BCUT2D eigenvalue weighted by Crippen LogP contribution is 2.24. The summed E-state index contributed by atoms with van der Waals surface area (Å²) in [7, 11) is 0. The van der Waals surface area contributed by atoms with Gasteiger partial charge in [0.05, 0.1) is 4.92 Å². The first kappa shape index (κ1) is 12.6. The molecule has 0 aliphatic carbocycles. The Morgan fingerprint density at radius 3 is 2.94 bits per heavy atom. The molecule has 0 aliphatic heterocycles. The number of hydrogen-bond donors (Lipinski definition) is 1. The molecule has 1 aromatic heterocycles. The first-order chi connectivity index (χ1) is 7.56. The Morgan fingerprint density at radius 2 is 2.38 bits per heavy atom. The van der Waals surface area contributed by atoms with Crippen molar-refractivity contribution in [3.05, 3.63) is 38.7 Å². The Hall–Kier alpha value is -1.46. The molecule has 0 atom stereocenters. The van der Waals surface area contributed by atoms with E-state index in [0.717, 1.165) is 0 Å². The number of aliphatic hydroxyl groups is 1. The van der Waals surface area contributed by atoms with Gasteiger partial charge >= 0.3 is 0 Å². The SMILES string of the molecule is Cc1nc(Cl)c(C=CCCO)cc1[N+](=O)[O-]. The lowest BCUT2D eigenvalue weighted by Gasteiger charge is -2.01. The Bertz CT molecular complexity index is 432. The summed E-state index contributed by atoms with van der Waals surface area (Å²) in [4.78, 5) is 14.1. The fourth-order valence-electron chi connectivity index (χ4n) is 1.17. The van der Waals surface area contributed by atoms with Crippen LogP contribution in [0.3, 0.4) is 0 Å². The minimum atomic E-state index is -0.498. The van der Waals surface area contributed by atoms with Crippen molar-refractivity contribution in [2.24, 2.45) is 0 Å². The zero-order valence-corrected chi connectivity index (χ0v) is 9.44. The summed E-state index contributed by atoms with van der Waals surface area (Å²) in [5.41, 5.74) is 0.703. The average Bonchev–Trinajstić information content (AvgIpc) is 2.21.